The topological polar surface area (TPSA) is 9.23 Å². The van der Waals surface area contributed by atoms with E-state index in [1.807, 2.05) is 0 Å². The largest absolute Gasteiger partial charge is 0.494 e. The van der Waals surface area contributed by atoms with Crippen LogP contribution in [0, 0.1) is 0 Å². The Labute approximate surface area is 149 Å². The van der Waals surface area contributed by atoms with E-state index >= 15 is 0 Å². The van der Waals surface area contributed by atoms with Gasteiger partial charge in [-0.25, -0.2) is 0 Å². The molecule has 0 N–H and O–H groups in total. The Balaban J connectivity index is 1.75. The second-order valence-electron chi connectivity index (χ2n) is 5.97. The number of alkyl halides is 1. The average Bonchev–Trinajstić information content (AvgIpc) is 2.61. The number of rotatable bonds is 10. The van der Waals surface area contributed by atoms with Crippen molar-refractivity contribution in [3.63, 3.8) is 0 Å². The molecule has 0 aliphatic heterocycles. The quantitative estimate of drug-likeness (QED) is 0.321. The minimum atomic E-state index is 0.825. The Hall–Kier alpha value is -1.28. The van der Waals surface area contributed by atoms with Crippen molar-refractivity contribution < 1.29 is 4.74 Å². The molecule has 1 nitrogen and oxygen atoms in total. The molecule has 0 bridgehead atoms. The number of hydrogen-bond donors (Lipinski definition) is 0. The van der Waals surface area contributed by atoms with E-state index in [0.717, 1.165) is 24.1 Å². The fraction of sp³-hybridized carbons (Fsp3) is 0.429. The van der Waals surface area contributed by atoms with Crippen molar-refractivity contribution in [1.82, 2.24) is 0 Å². The van der Waals surface area contributed by atoms with Gasteiger partial charge in [0, 0.05) is 5.33 Å². The average molecular weight is 375 g/mol. The molecule has 0 heterocycles. The van der Waals surface area contributed by atoms with Crippen molar-refractivity contribution in [2.45, 2.75) is 50.8 Å². The lowest BCUT2D eigenvalue weighted by Gasteiger charge is -2.08. The maximum Gasteiger partial charge on any atom is 0.119 e. The van der Waals surface area contributed by atoms with Gasteiger partial charge in [0.15, 0.2) is 0 Å². The summed E-state index contributed by atoms with van der Waals surface area (Å²) in [4.78, 5) is 0. The first kappa shape index (κ1) is 18.1. The van der Waals surface area contributed by atoms with Crippen LogP contribution in [0.4, 0.5) is 0 Å². The summed E-state index contributed by atoms with van der Waals surface area (Å²) in [5.41, 5.74) is 3.78. The van der Waals surface area contributed by atoms with Gasteiger partial charge >= 0.3 is 0 Å². The number of ether oxygens (including phenoxy) is 1. The molecule has 0 fully saturated rings. The third-order valence-corrected chi connectivity index (χ3v) is 4.71. The van der Waals surface area contributed by atoms with E-state index in [9.17, 15) is 0 Å². The second kappa shape index (κ2) is 10.5. The first-order valence-corrected chi connectivity index (χ1v) is 9.83. The minimum Gasteiger partial charge on any atom is -0.494 e. The van der Waals surface area contributed by atoms with E-state index in [2.05, 4.69) is 71.4 Å². The summed E-state index contributed by atoms with van der Waals surface area (Å²) in [5, 5.41) is 0.901. The fourth-order valence-electron chi connectivity index (χ4n) is 2.60. The first-order chi connectivity index (χ1) is 11.3. The number of unbranched alkanes of at least 4 members (excludes halogenated alkanes) is 5. The van der Waals surface area contributed by atoms with Crippen LogP contribution < -0.4 is 4.74 Å². The van der Waals surface area contributed by atoms with E-state index in [0.29, 0.717) is 0 Å². The number of halogens is 1. The van der Waals surface area contributed by atoms with Gasteiger partial charge in [-0.2, -0.15) is 0 Å². The van der Waals surface area contributed by atoms with Crippen molar-refractivity contribution >= 4 is 15.9 Å². The van der Waals surface area contributed by atoms with Crippen molar-refractivity contribution in [2.75, 3.05) is 6.61 Å². The highest BCUT2D eigenvalue weighted by molar-refractivity contribution is 9.08. The van der Waals surface area contributed by atoms with E-state index in [4.69, 9.17) is 4.74 Å². The highest BCUT2D eigenvalue weighted by Crippen LogP contribution is 2.23. The molecule has 0 atom stereocenters. The first-order valence-electron chi connectivity index (χ1n) is 8.71. The van der Waals surface area contributed by atoms with Crippen LogP contribution in [0.15, 0.2) is 48.5 Å². The number of benzene rings is 2. The lowest BCUT2D eigenvalue weighted by Crippen LogP contribution is -1.97. The summed E-state index contributed by atoms with van der Waals surface area (Å²) in [5.74, 6) is 0.972. The van der Waals surface area contributed by atoms with Gasteiger partial charge in [0.05, 0.1) is 6.61 Å². The van der Waals surface area contributed by atoms with E-state index in [1.54, 1.807) is 0 Å². The molecule has 2 aromatic rings. The lowest BCUT2D eigenvalue weighted by atomic mass is 10.0. The Bertz CT molecular complexity index is 545. The zero-order valence-electron chi connectivity index (χ0n) is 14.1. The standard InChI is InChI=1S/C21H27BrO/c1-2-3-4-5-6-7-16-23-21-14-12-20(13-15-21)19-10-8-18(17-22)9-11-19/h8-15H,2-7,16-17H2,1H3. The molecule has 23 heavy (non-hydrogen) atoms. The predicted octanol–water partition coefficient (Wildman–Crippen LogP) is 6.99. The third-order valence-electron chi connectivity index (χ3n) is 4.06. The molecule has 0 aromatic heterocycles. The van der Waals surface area contributed by atoms with E-state index < -0.39 is 0 Å². The molecule has 2 aromatic carbocycles. The Morgan fingerprint density at radius 3 is 1.91 bits per heavy atom. The van der Waals surface area contributed by atoms with Crippen LogP contribution in [0.2, 0.25) is 0 Å². The molecule has 0 aliphatic rings. The van der Waals surface area contributed by atoms with Crippen molar-refractivity contribution in [3.8, 4) is 16.9 Å². The maximum atomic E-state index is 5.83. The fourth-order valence-corrected chi connectivity index (χ4v) is 2.98. The molecule has 0 amide bonds. The molecule has 0 saturated carbocycles. The molecule has 0 spiro atoms. The van der Waals surface area contributed by atoms with Gasteiger partial charge in [0.1, 0.15) is 5.75 Å². The molecule has 124 valence electrons. The van der Waals surface area contributed by atoms with Crippen LogP contribution in [-0.4, -0.2) is 6.61 Å². The van der Waals surface area contributed by atoms with Gasteiger partial charge in [0.2, 0.25) is 0 Å². The summed E-state index contributed by atoms with van der Waals surface area (Å²) in [6.45, 7) is 3.08. The van der Waals surface area contributed by atoms with Crippen LogP contribution in [0.3, 0.4) is 0 Å². The summed E-state index contributed by atoms with van der Waals surface area (Å²) in [7, 11) is 0. The van der Waals surface area contributed by atoms with Crippen molar-refractivity contribution in [1.29, 1.82) is 0 Å². The summed E-state index contributed by atoms with van der Waals surface area (Å²) >= 11 is 3.48. The predicted molar refractivity (Wildman–Crippen MR) is 103 cm³/mol. The van der Waals surface area contributed by atoms with Gasteiger partial charge in [0.25, 0.3) is 0 Å². The smallest absolute Gasteiger partial charge is 0.119 e. The van der Waals surface area contributed by atoms with Crippen molar-refractivity contribution in [3.05, 3.63) is 54.1 Å². The highest BCUT2D eigenvalue weighted by Gasteiger charge is 2.00. The normalized spacial score (nSPS) is 10.7. The van der Waals surface area contributed by atoms with Crippen LogP contribution in [0.5, 0.6) is 5.75 Å². The van der Waals surface area contributed by atoms with Gasteiger partial charge in [-0.3, -0.25) is 0 Å². The van der Waals surface area contributed by atoms with Crippen LogP contribution in [-0.2, 0) is 5.33 Å². The van der Waals surface area contributed by atoms with E-state index in [1.165, 1.54) is 48.8 Å². The van der Waals surface area contributed by atoms with Crippen LogP contribution >= 0.6 is 15.9 Å². The summed E-state index contributed by atoms with van der Waals surface area (Å²) in [6, 6.07) is 17.1. The lowest BCUT2D eigenvalue weighted by molar-refractivity contribution is 0.304. The zero-order valence-corrected chi connectivity index (χ0v) is 15.6. The summed E-state index contributed by atoms with van der Waals surface area (Å²) < 4.78 is 5.83. The Kier molecular flexibility index (Phi) is 8.24. The van der Waals surface area contributed by atoms with Crippen LogP contribution in [0.25, 0.3) is 11.1 Å². The molecule has 0 aliphatic carbocycles. The summed E-state index contributed by atoms with van der Waals surface area (Å²) in [6.07, 6.45) is 7.79. The van der Waals surface area contributed by atoms with Crippen molar-refractivity contribution in [2.24, 2.45) is 0 Å². The van der Waals surface area contributed by atoms with Gasteiger partial charge in [-0.1, -0.05) is 91.4 Å². The molecule has 2 rings (SSSR count). The number of hydrogen-bond acceptors (Lipinski definition) is 1. The van der Waals surface area contributed by atoms with E-state index in [-0.39, 0.29) is 0 Å². The molecule has 0 saturated heterocycles. The van der Waals surface area contributed by atoms with Gasteiger partial charge in [-0.05, 0) is 35.2 Å². The molecular weight excluding hydrogens is 348 g/mol. The zero-order chi connectivity index (χ0) is 16.3. The third kappa shape index (κ3) is 6.39. The molecule has 0 unspecified atom stereocenters. The Morgan fingerprint density at radius 2 is 1.30 bits per heavy atom. The minimum absolute atomic E-state index is 0.825. The monoisotopic (exact) mass is 374 g/mol. The molecule has 2 heteroatoms. The highest BCUT2D eigenvalue weighted by atomic mass is 79.9. The van der Waals surface area contributed by atoms with Gasteiger partial charge in [-0.15, -0.1) is 0 Å². The van der Waals surface area contributed by atoms with Gasteiger partial charge < -0.3 is 4.74 Å². The second-order valence-corrected chi connectivity index (χ2v) is 6.53. The van der Waals surface area contributed by atoms with Crippen LogP contribution in [0.1, 0.15) is 51.0 Å². The molecular formula is C21H27BrO. The Morgan fingerprint density at radius 1 is 0.739 bits per heavy atom. The molecule has 0 radical (unpaired) electrons. The maximum absolute atomic E-state index is 5.83. The SMILES string of the molecule is CCCCCCCCOc1ccc(-c2ccc(CBr)cc2)cc1.